The van der Waals surface area contributed by atoms with Crippen molar-refractivity contribution in [2.75, 3.05) is 19.8 Å². The lowest BCUT2D eigenvalue weighted by Gasteiger charge is -2.19. The molecule has 0 unspecified atom stereocenters. The summed E-state index contributed by atoms with van der Waals surface area (Å²) in [7, 11) is 0. The summed E-state index contributed by atoms with van der Waals surface area (Å²) in [6.07, 6.45) is 1.46. The summed E-state index contributed by atoms with van der Waals surface area (Å²) in [5, 5.41) is 9.26. The van der Waals surface area contributed by atoms with E-state index in [0.717, 1.165) is 10.2 Å². The van der Waals surface area contributed by atoms with Crippen LogP contribution in [0, 0.1) is 11.3 Å². The van der Waals surface area contributed by atoms with Crippen LogP contribution in [-0.4, -0.2) is 25.8 Å². The van der Waals surface area contributed by atoms with E-state index in [1.807, 2.05) is 24.3 Å². The largest absolute Gasteiger partial charge is 0.490 e. The van der Waals surface area contributed by atoms with Crippen molar-refractivity contribution in [1.82, 2.24) is 0 Å². The normalized spacial score (nSPS) is 11.5. The lowest BCUT2D eigenvalue weighted by molar-refractivity contribution is -0.137. The zero-order chi connectivity index (χ0) is 22.1. The Hall–Kier alpha value is -2.78. The first-order valence-corrected chi connectivity index (χ1v) is 10.5. The fraction of sp³-hybridized carbons (Fsp3) is 0.333. The van der Waals surface area contributed by atoms with Crippen molar-refractivity contribution in [2.45, 2.75) is 33.1 Å². The molecule has 158 valence electrons. The number of hydrogen-bond donors (Lipinski definition) is 0. The Morgan fingerprint density at radius 3 is 2.37 bits per heavy atom. The Bertz CT molecular complexity index is 937. The van der Waals surface area contributed by atoms with Gasteiger partial charge in [-0.3, -0.25) is 0 Å². The second-order valence-electron chi connectivity index (χ2n) is 7.54. The molecule has 5 nitrogen and oxygen atoms in total. The number of carbonyl (C=O) groups is 1. The van der Waals surface area contributed by atoms with Crippen LogP contribution in [0.4, 0.5) is 0 Å². The van der Waals surface area contributed by atoms with Crippen molar-refractivity contribution in [3.8, 4) is 17.6 Å². The zero-order valence-electron chi connectivity index (χ0n) is 17.7. The van der Waals surface area contributed by atoms with Gasteiger partial charge in [-0.15, -0.1) is 0 Å². The fourth-order valence-corrected chi connectivity index (χ4v) is 3.01. The minimum absolute atomic E-state index is 0.0880. The van der Waals surface area contributed by atoms with Crippen LogP contribution in [0.3, 0.4) is 0 Å². The molecule has 0 saturated carbocycles. The molecule has 2 rings (SSSR count). The molecule has 0 fully saturated rings. The molecule has 0 aromatic heterocycles. The second-order valence-corrected chi connectivity index (χ2v) is 8.46. The number of hydrogen-bond acceptors (Lipinski definition) is 5. The fourth-order valence-electron chi connectivity index (χ4n) is 2.63. The second kappa shape index (κ2) is 10.8. The molecule has 2 aromatic rings. The molecule has 0 radical (unpaired) electrons. The van der Waals surface area contributed by atoms with Crippen LogP contribution in [-0.2, 0) is 14.9 Å². The number of carbonyl (C=O) groups excluding carboxylic acids is 1. The van der Waals surface area contributed by atoms with Crippen LogP contribution in [0.15, 0.2) is 52.5 Å². The summed E-state index contributed by atoms with van der Waals surface area (Å²) in [5.41, 5.74) is 1.85. The minimum Gasteiger partial charge on any atom is -0.490 e. The average molecular weight is 472 g/mol. The summed E-state index contributed by atoms with van der Waals surface area (Å²) in [4.78, 5) is 11.9. The van der Waals surface area contributed by atoms with Crippen LogP contribution < -0.4 is 9.47 Å². The molecule has 0 aliphatic rings. The molecule has 30 heavy (non-hydrogen) atoms. The number of benzene rings is 2. The Kier molecular flexibility index (Phi) is 8.49. The van der Waals surface area contributed by atoms with Crippen molar-refractivity contribution >= 4 is 28.0 Å². The molecule has 0 N–H and O–H groups in total. The van der Waals surface area contributed by atoms with Crippen molar-refractivity contribution in [3.63, 3.8) is 0 Å². The van der Waals surface area contributed by atoms with Crippen LogP contribution in [0.5, 0.6) is 11.5 Å². The maximum atomic E-state index is 11.9. The Balaban J connectivity index is 2.02. The number of halogens is 1. The summed E-state index contributed by atoms with van der Waals surface area (Å²) >= 11 is 3.40. The standard InChI is InChI=1S/C24H26BrNO4/c1-5-28-23(27)18(16-26)14-17-15-20(25)8-11-22(17)30-13-12-29-21-9-6-19(7-10-21)24(2,3)4/h6-11,14-15H,5,12-13H2,1-4H3/b18-14+. The van der Waals surface area contributed by atoms with Gasteiger partial charge in [0.15, 0.2) is 0 Å². The molecule has 0 heterocycles. The summed E-state index contributed by atoms with van der Waals surface area (Å²) in [5.74, 6) is 0.659. The molecule has 0 bridgehead atoms. The first-order valence-electron chi connectivity index (χ1n) is 9.69. The third-order valence-electron chi connectivity index (χ3n) is 4.22. The van der Waals surface area contributed by atoms with Gasteiger partial charge in [0.25, 0.3) is 0 Å². The van der Waals surface area contributed by atoms with Gasteiger partial charge < -0.3 is 14.2 Å². The number of ether oxygens (including phenoxy) is 3. The van der Waals surface area contributed by atoms with Gasteiger partial charge in [0.05, 0.1) is 6.61 Å². The zero-order valence-corrected chi connectivity index (χ0v) is 19.3. The van der Waals surface area contributed by atoms with Crippen LogP contribution in [0.1, 0.15) is 38.8 Å². The van der Waals surface area contributed by atoms with Gasteiger partial charge >= 0.3 is 5.97 Å². The first kappa shape index (κ1) is 23.5. The first-order chi connectivity index (χ1) is 14.2. The number of nitrogens with zero attached hydrogens (tertiary/aromatic N) is 1. The molecule has 0 atom stereocenters. The summed E-state index contributed by atoms with van der Waals surface area (Å²) in [6, 6.07) is 15.3. The molecule has 2 aromatic carbocycles. The molecule has 0 amide bonds. The van der Waals surface area contributed by atoms with E-state index in [-0.39, 0.29) is 17.6 Å². The molecule has 0 spiro atoms. The van der Waals surface area contributed by atoms with Crippen molar-refractivity contribution in [3.05, 3.63) is 63.6 Å². The van der Waals surface area contributed by atoms with Crippen LogP contribution in [0.2, 0.25) is 0 Å². The summed E-state index contributed by atoms with van der Waals surface area (Å²) in [6.45, 7) is 9.06. The minimum atomic E-state index is -0.659. The number of esters is 1. The number of rotatable bonds is 8. The van der Waals surface area contributed by atoms with Gasteiger partial charge in [0.1, 0.15) is 36.4 Å². The van der Waals surface area contributed by atoms with E-state index in [2.05, 4.69) is 48.8 Å². The lowest BCUT2D eigenvalue weighted by Crippen LogP contribution is -2.12. The van der Waals surface area contributed by atoms with Gasteiger partial charge in [0, 0.05) is 10.0 Å². The highest BCUT2D eigenvalue weighted by molar-refractivity contribution is 9.10. The third kappa shape index (κ3) is 6.93. The van der Waals surface area contributed by atoms with E-state index < -0.39 is 5.97 Å². The molecule has 0 aliphatic heterocycles. The smallest absolute Gasteiger partial charge is 0.348 e. The number of nitriles is 1. The monoisotopic (exact) mass is 471 g/mol. The molecule has 0 aliphatic carbocycles. The maximum absolute atomic E-state index is 11.9. The quantitative estimate of drug-likeness (QED) is 0.214. The van der Waals surface area contributed by atoms with Gasteiger partial charge in [0.2, 0.25) is 0 Å². The SMILES string of the molecule is CCOC(=O)/C(C#N)=C/c1cc(Br)ccc1OCCOc1ccc(C(C)(C)C)cc1. The van der Waals surface area contributed by atoms with Crippen molar-refractivity contribution < 1.29 is 19.0 Å². The third-order valence-corrected chi connectivity index (χ3v) is 4.71. The van der Waals surface area contributed by atoms with Crippen molar-refractivity contribution in [1.29, 1.82) is 5.26 Å². The lowest BCUT2D eigenvalue weighted by atomic mass is 9.87. The molecule has 0 saturated heterocycles. The van der Waals surface area contributed by atoms with Crippen LogP contribution >= 0.6 is 15.9 Å². The predicted molar refractivity (Wildman–Crippen MR) is 120 cm³/mol. The topological polar surface area (TPSA) is 68.6 Å². The Morgan fingerprint density at radius 1 is 1.10 bits per heavy atom. The van der Waals surface area contributed by atoms with E-state index in [1.54, 1.807) is 19.1 Å². The maximum Gasteiger partial charge on any atom is 0.348 e. The van der Waals surface area contributed by atoms with E-state index >= 15 is 0 Å². The van der Waals surface area contributed by atoms with Gasteiger partial charge in [-0.2, -0.15) is 5.26 Å². The van der Waals surface area contributed by atoms with E-state index in [4.69, 9.17) is 14.2 Å². The molecule has 6 heteroatoms. The van der Waals surface area contributed by atoms with Gasteiger partial charge in [-0.25, -0.2) is 4.79 Å². The highest BCUT2D eigenvalue weighted by atomic mass is 79.9. The predicted octanol–water partition coefficient (Wildman–Crippen LogP) is 5.67. The van der Waals surface area contributed by atoms with Crippen LogP contribution in [0.25, 0.3) is 6.08 Å². The Morgan fingerprint density at radius 2 is 1.77 bits per heavy atom. The molecular formula is C24H26BrNO4. The highest BCUT2D eigenvalue weighted by Gasteiger charge is 2.14. The van der Waals surface area contributed by atoms with E-state index in [1.165, 1.54) is 11.6 Å². The van der Waals surface area contributed by atoms with E-state index in [9.17, 15) is 10.1 Å². The molecular weight excluding hydrogens is 446 g/mol. The Labute approximate surface area is 186 Å². The average Bonchev–Trinajstić information content (AvgIpc) is 2.70. The van der Waals surface area contributed by atoms with Gasteiger partial charge in [-0.1, -0.05) is 48.8 Å². The highest BCUT2D eigenvalue weighted by Crippen LogP contribution is 2.26. The van der Waals surface area contributed by atoms with Crippen molar-refractivity contribution in [2.24, 2.45) is 0 Å². The van der Waals surface area contributed by atoms with Gasteiger partial charge in [-0.05, 0) is 54.3 Å². The van der Waals surface area contributed by atoms with E-state index in [0.29, 0.717) is 24.5 Å². The summed E-state index contributed by atoms with van der Waals surface area (Å²) < 4.78 is 17.3.